The first-order valence-corrected chi connectivity index (χ1v) is 12.4. The largest absolute Gasteiger partial charge is 0.507 e. The number of nitrogens with zero attached hydrogens (tertiary/aromatic N) is 4. The van der Waals surface area contributed by atoms with Gasteiger partial charge in [0.1, 0.15) is 11.4 Å². The van der Waals surface area contributed by atoms with Crippen molar-refractivity contribution in [2.75, 3.05) is 18.4 Å². The highest BCUT2D eigenvalue weighted by Crippen LogP contribution is 2.44. The van der Waals surface area contributed by atoms with Gasteiger partial charge in [-0.3, -0.25) is 4.40 Å². The van der Waals surface area contributed by atoms with Gasteiger partial charge in [-0.1, -0.05) is 0 Å². The Bertz CT molecular complexity index is 1330. The van der Waals surface area contributed by atoms with Crippen LogP contribution in [-0.2, 0) is 10.9 Å². The number of halogens is 3. The average Bonchev–Trinajstić information content (AvgIpc) is 3.59. The van der Waals surface area contributed by atoms with Crippen LogP contribution in [-0.4, -0.2) is 55.4 Å². The topological polar surface area (TPSA) is 92.0 Å². The predicted octanol–water partition coefficient (Wildman–Crippen LogP) is 5.81. The second kappa shape index (κ2) is 9.11. The van der Waals surface area contributed by atoms with Gasteiger partial charge in [0.15, 0.2) is 5.65 Å². The van der Waals surface area contributed by atoms with Gasteiger partial charge in [0.05, 0.1) is 5.56 Å². The predicted molar refractivity (Wildman–Crippen MR) is 132 cm³/mol. The summed E-state index contributed by atoms with van der Waals surface area (Å²) in [4.78, 5) is 14.2. The van der Waals surface area contributed by atoms with Crippen molar-refractivity contribution >= 4 is 17.7 Å². The third kappa shape index (κ3) is 5.45. The number of likely N-dealkylation sites (tertiary alicyclic amines) is 1. The maximum Gasteiger partial charge on any atom is 0.416 e. The molecule has 0 bridgehead atoms. The number of carbonyl (C=O) groups is 1. The zero-order valence-corrected chi connectivity index (χ0v) is 21.0. The molecule has 1 atom stereocenters. The lowest BCUT2D eigenvalue weighted by Gasteiger charge is -2.34. The number of ether oxygens (including phenoxy) is 1. The molecule has 198 valence electrons. The number of piperidine rings is 1. The molecule has 1 amide bonds. The smallest absolute Gasteiger partial charge is 0.416 e. The van der Waals surface area contributed by atoms with Gasteiger partial charge in [-0.15, -0.1) is 10.2 Å². The number of alkyl halides is 3. The normalized spacial score (nSPS) is 18.8. The van der Waals surface area contributed by atoms with E-state index in [1.165, 1.54) is 6.07 Å². The second-order valence-electron chi connectivity index (χ2n) is 10.8. The monoisotopic (exact) mass is 517 g/mol. The Morgan fingerprint density at radius 3 is 2.51 bits per heavy atom. The fraction of sp³-hybridized carbons (Fsp3) is 0.500. The standard InChI is InChI=1S/C26H30F3N5O3/c1-25(2,3)37-24(36)33-10-4-5-18(14-33)30-23-32-31-22-20(11-16(13-34(22)23)15-6-7-15)19-9-8-17(12-21(19)35)26(27,28)29/h8-9,11-13,15,18,35H,4-7,10,14H2,1-3H3,(H,30,32)/t18-/m1/s1. The molecule has 5 rings (SSSR count). The summed E-state index contributed by atoms with van der Waals surface area (Å²) in [6.45, 7) is 6.54. The van der Waals surface area contributed by atoms with Crippen molar-refractivity contribution in [3.8, 4) is 16.9 Å². The molecule has 0 radical (unpaired) electrons. The van der Waals surface area contributed by atoms with E-state index >= 15 is 0 Å². The molecular formula is C26H30F3N5O3. The molecule has 2 N–H and O–H groups in total. The first-order valence-electron chi connectivity index (χ1n) is 12.4. The first kappa shape index (κ1) is 25.2. The fourth-order valence-electron chi connectivity index (χ4n) is 4.66. The van der Waals surface area contributed by atoms with Gasteiger partial charge in [-0.25, -0.2) is 4.79 Å². The Balaban J connectivity index is 1.46. The molecule has 1 aliphatic heterocycles. The van der Waals surface area contributed by atoms with Crippen LogP contribution >= 0.6 is 0 Å². The Kier molecular flexibility index (Phi) is 6.19. The minimum Gasteiger partial charge on any atom is -0.507 e. The molecule has 1 saturated carbocycles. The van der Waals surface area contributed by atoms with Gasteiger partial charge in [-0.2, -0.15) is 13.2 Å². The van der Waals surface area contributed by atoms with Gasteiger partial charge in [0, 0.05) is 36.5 Å². The Morgan fingerprint density at radius 1 is 1.11 bits per heavy atom. The summed E-state index contributed by atoms with van der Waals surface area (Å²) >= 11 is 0. The van der Waals surface area contributed by atoms with Gasteiger partial charge in [-0.05, 0) is 82.2 Å². The highest BCUT2D eigenvalue weighted by Gasteiger charge is 2.33. The molecule has 2 aromatic heterocycles. The number of pyridine rings is 1. The molecule has 0 unspecified atom stereocenters. The van der Waals surface area contributed by atoms with Gasteiger partial charge in [0.25, 0.3) is 0 Å². The van der Waals surface area contributed by atoms with Crippen molar-refractivity contribution in [1.82, 2.24) is 19.5 Å². The van der Waals surface area contributed by atoms with Crippen LogP contribution in [0.3, 0.4) is 0 Å². The van der Waals surface area contributed by atoms with Crippen molar-refractivity contribution < 1.29 is 27.8 Å². The van der Waals surface area contributed by atoms with Crippen LogP contribution in [0.15, 0.2) is 30.5 Å². The minimum atomic E-state index is -4.56. The number of carbonyl (C=O) groups excluding carboxylic acids is 1. The first-order chi connectivity index (χ1) is 17.4. The average molecular weight is 518 g/mol. The van der Waals surface area contributed by atoms with Crippen LogP contribution in [0.5, 0.6) is 5.75 Å². The molecule has 1 saturated heterocycles. The molecule has 8 nitrogen and oxygen atoms in total. The van der Waals surface area contributed by atoms with Gasteiger partial charge < -0.3 is 20.1 Å². The van der Waals surface area contributed by atoms with Crippen molar-refractivity contribution in [3.05, 3.63) is 41.6 Å². The van der Waals surface area contributed by atoms with E-state index in [1.807, 2.05) is 33.0 Å². The fourth-order valence-corrected chi connectivity index (χ4v) is 4.66. The number of phenolic OH excluding ortho intramolecular Hbond substituents is 1. The summed E-state index contributed by atoms with van der Waals surface area (Å²) in [6.07, 6.45) is 0.676. The summed E-state index contributed by atoms with van der Waals surface area (Å²) in [6, 6.07) is 4.75. The minimum absolute atomic E-state index is 0.0822. The summed E-state index contributed by atoms with van der Waals surface area (Å²) in [7, 11) is 0. The van der Waals surface area contributed by atoms with Gasteiger partial charge >= 0.3 is 12.3 Å². The van der Waals surface area contributed by atoms with E-state index in [1.54, 1.807) is 9.30 Å². The molecule has 11 heteroatoms. The maximum atomic E-state index is 13.1. The number of hydrogen-bond acceptors (Lipinski definition) is 6. The van der Waals surface area contributed by atoms with Crippen LogP contribution in [0.2, 0.25) is 0 Å². The van der Waals surface area contributed by atoms with E-state index in [0.717, 1.165) is 43.4 Å². The van der Waals surface area contributed by atoms with Crippen molar-refractivity contribution in [2.24, 2.45) is 0 Å². The molecule has 2 fully saturated rings. The summed E-state index contributed by atoms with van der Waals surface area (Å²) in [5.74, 6) is 0.344. The maximum absolute atomic E-state index is 13.1. The molecule has 0 spiro atoms. The lowest BCUT2D eigenvalue weighted by Crippen LogP contribution is -2.47. The highest BCUT2D eigenvalue weighted by atomic mass is 19.4. The van der Waals surface area contributed by atoms with Crippen LogP contribution in [0, 0.1) is 0 Å². The number of nitrogens with one attached hydrogen (secondary N) is 1. The van der Waals surface area contributed by atoms with E-state index < -0.39 is 23.1 Å². The van der Waals surface area contributed by atoms with E-state index in [2.05, 4.69) is 15.5 Å². The number of anilines is 1. The summed E-state index contributed by atoms with van der Waals surface area (Å²) in [5, 5.41) is 22.5. The van der Waals surface area contributed by atoms with Crippen LogP contribution in [0.1, 0.15) is 63.5 Å². The number of rotatable bonds is 4. The Hall–Kier alpha value is -3.50. The number of aromatic hydroxyl groups is 1. The van der Waals surface area contributed by atoms with Gasteiger partial charge in [0.2, 0.25) is 5.95 Å². The molecule has 3 aromatic rings. The van der Waals surface area contributed by atoms with E-state index in [9.17, 15) is 23.1 Å². The second-order valence-corrected chi connectivity index (χ2v) is 10.8. The van der Waals surface area contributed by atoms with Crippen LogP contribution in [0.25, 0.3) is 16.8 Å². The lowest BCUT2D eigenvalue weighted by molar-refractivity contribution is -0.137. The molecule has 3 heterocycles. The Morgan fingerprint density at radius 2 is 1.86 bits per heavy atom. The molecule has 1 aromatic carbocycles. The number of benzene rings is 1. The highest BCUT2D eigenvalue weighted by molar-refractivity contribution is 5.83. The summed E-state index contributed by atoms with van der Waals surface area (Å²) < 4.78 is 46.7. The number of hydrogen-bond donors (Lipinski definition) is 2. The number of fused-ring (bicyclic) bond motifs is 1. The van der Waals surface area contributed by atoms with E-state index in [4.69, 9.17) is 4.74 Å². The summed E-state index contributed by atoms with van der Waals surface area (Å²) in [5.41, 5.74) is 0.688. The zero-order chi connectivity index (χ0) is 26.5. The molecule has 2 aliphatic rings. The quantitative estimate of drug-likeness (QED) is 0.454. The third-order valence-corrected chi connectivity index (χ3v) is 6.60. The van der Waals surface area contributed by atoms with Crippen LogP contribution in [0.4, 0.5) is 23.9 Å². The molecular weight excluding hydrogens is 487 g/mol. The zero-order valence-electron chi connectivity index (χ0n) is 21.0. The van der Waals surface area contributed by atoms with E-state index in [0.29, 0.717) is 36.2 Å². The van der Waals surface area contributed by atoms with Crippen molar-refractivity contribution in [3.63, 3.8) is 0 Å². The van der Waals surface area contributed by atoms with E-state index in [-0.39, 0.29) is 17.7 Å². The SMILES string of the molecule is CC(C)(C)OC(=O)N1CCC[C@@H](Nc2nnc3c(-c4ccc(C(F)(F)F)cc4O)cc(C4CC4)cn23)C1. The number of amides is 1. The third-order valence-electron chi connectivity index (χ3n) is 6.60. The number of aromatic nitrogens is 3. The van der Waals surface area contributed by atoms with Crippen molar-refractivity contribution in [2.45, 2.75) is 70.2 Å². The molecule has 1 aliphatic carbocycles. The van der Waals surface area contributed by atoms with Crippen molar-refractivity contribution in [1.29, 1.82) is 0 Å². The lowest BCUT2D eigenvalue weighted by atomic mass is 10.0. The Labute approximate surface area is 212 Å². The van der Waals surface area contributed by atoms with Crippen LogP contribution < -0.4 is 5.32 Å². The molecule has 37 heavy (non-hydrogen) atoms. The number of phenols is 1.